The highest BCUT2D eigenvalue weighted by atomic mass is 15.3. The Morgan fingerprint density at radius 1 is 1.06 bits per heavy atom. The average molecular weight is 224 g/mol. The molecule has 2 heterocycles. The molecular weight excluding hydrogens is 212 g/mol. The van der Waals surface area contributed by atoms with Gasteiger partial charge in [-0.15, -0.1) is 0 Å². The molecule has 4 nitrogen and oxygen atoms in total. The lowest BCUT2D eigenvalue weighted by molar-refractivity contribution is 0.869. The fourth-order valence-corrected chi connectivity index (χ4v) is 1.82. The maximum Gasteiger partial charge on any atom is 0.153 e. The molecule has 0 aliphatic rings. The molecule has 0 aliphatic heterocycles. The van der Waals surface area contributed by atoms with E-state index in [-0.39, 0.29) is 0 Å². The van der Waals surface area contributed by atoms with Crippen molar-refractivity contribution in [2.45, 2.75) is 6.54 Å². The van der Waals surface area contributed by atoms with Crippen LogP contribution in [-0.2, 0) is 6.54 Å². The molecule has 0 fully saturated rings. The van der Waals surface area contributed by atoms with Crippen molar-refractivity contribution in [3.63, 3.8) is 0 Å². The minimum Gasteiger partial charge on any atom is -0.326 e. The van der Waals surface area contributed by atoms with Gasteiger partial charge in [0.05, 0.1) is 11.7 Å². The van der Waals surface area contributed by atoms with Crippen LogP contribution in [-0.4, -0.2) is 14.8 Å². The summed E-state index contributed by atoms with van der Waals surface area (Å²) < 4.78 is 1.83. The van der Waals surface area contributed by atoms with E-state index in [2.05, 4.69) is 10.1 Å². The summed E-state index contributed by atoms with van der Waals surface area (Å²) in [5.74, 6) is 0.809. The van der Waals surface area contributed by atoms with Gasteiger partial charge in [0.25, 0.3) is 0 Å². The summed E-state index contributed by atoms with van der Waals surface area (Å²) in [4.78, 5) is 4.36. The molecule has 2 aromatic heterocycles. The van der Waals surface area contributed by atoms with Gasteiger partial charge in [-0.2, -0.15) is 5.10 Å². The van der Waals surface area contributed by atoms with Crippen molar-refractivity contribution in [3.8, 4) is 5.82 Å². The molecular formula is C13H12N4. The van der Waals surface area contributed by atoms with Gasteiger partial charge in [-0.25, -0.2) is 9.67 Å². The van der Waals surface area contributed by atoms with Crippen molar-refractivity contribution >= 4 is 10.9 Å². The van der Waals surface area contributed by atoms with Crippen molar-refractivity contribution in [1.82, 2.24) is 14.8 Å². The summed E-state index contributed by atoms with van der Waals surface area (Å²) in [5.41, 5.74) is 7.62. The van der Waals surface area contributed by atoms with Crippen molar-refractivity contribution < 1.29 is 0 Å². The van der Waals surface area contributed by atoms with Crippen LogP contribution in [0.5, 0.6) is 0 Å². The minimum absolute atomic E-state index is 0.507. The summed E-state index contributed by atoms with van der Waals surface area (Å²) in [6, 6.07) is 12.0. The molecule has 0 bridgehead atoms. The Labute approximate surface area is 98.7 Å². The number of hydrogen-bond acceptors (Lipinski definition) is 3. The average Bonchev–Trinajstić information content (AvgIpc) is 2.83. The van der Waals surface area contributed by atoms with E-state index in [0.29, 0.717) is 6.54 Å². The monoisotopic (exact) mass is 224 g/mol. The number of rotatable bonds is 2. The third-order valence-corrected chi connectivity index (χ3v) is 2.74. The van der Waals surface area contributed by atoms with E-state index < -0.39 is 0 Å². The summed E-state index contributed by atoms with van der Waals surface area (Å²) >= 11 is 0. The summed E-state index contributed by atoms with van der Waals surface area (Å²) in [5, 5.41) is 5.45. The van der Waals surface area contributed by atoms with Crippen LogP contribution in [0.4, 0.5) is 0 Å². The predicted molar refractivity (Wildman–Crippen MR) is 66.8 cm³/mol. The van der Waals surface area contributed by atoms with E-state index >= 15 is 0 Å². The van der Waals surface area contributed by atoms with E-state index in [0.717, 1.165) is 22.3 Å². The van der Waals surface area contributed by atoms with Gasteiger partial charge in [0, 0.05) is 18.1 Å². The van der Waals surface area contributed by atoms with Crippen LogP contribution in [0.25, 0.3) is 16.7 Å². The summed E-state index contributed by atoms with van der Waals surface area (Å²) in [6.45, 7) is 0.507. The molecule has 84 valence electrons. The molecule has 0 spiro atoms. The first-order chi connectivity index (χ1) is 8.38. The summed E-state index contributed by atoms with van der Waals surface area (Å²) in [6.07, 6.45) is 3.62. The number of pyridine rings is 1. The Bertz CT molecular complexity index is 640. The Hall–Kier alpha value is -2.20. The number of fused-ring (bicyclic) bond motifs is 1. The van der Waals surface area contributed by atoms with Crippen LogP contribution in [0.1, 0.15) is 5.56 Å². The zero-order chi connectivity index (χ0) is 11.7. The lowest BCUT2D eigenvalue weighted by Gasteiger charge is -2.03. The molecule has 0 saturated carbocycles. The second-order valence-electron chi connectivity index (χ2n) is 3.84. The molecule has 3 aromatic rings. The van der Waals surface area contributed by atoms with Gasteiger partial charge < -0.3 is 5.73 Å². The zero-order valence-electron chi connectivity index (χ0n) is 9.24. The maximum atomic E-state index is 5.55. The fourth-order valence-electron chi connectivity index (χ4n) is 1.82. The maximum absolute atomic E-state index is 5.55. The van der Waals surface area contributed by atoms with Crippen LogP contribution in [0.2, 0.25) is 0 Å². The van der Waals surface area contributed by atoms with Crippen molar-refractivity contribution in [2.24, 2.45) is 5.73 Å². The largest absolute Gasteiger partial charge is 0.326 e. The van der Waals surface area contributed by atoms with Crippen LogP contribution in [0.15, 0.2) is 48.8 Å². The standard InChI is InChI=1S/C13H12N4/c14-7-10-5-6-13(15-8-10)17-12-4-2-1-3-11(12)9-16-17/h1-6,8-9H,7,14H2. The molecule has 1 aromatic carbocycles. The van der Waals surface area contributed by atoms with Crippen LogP contribution >= 0.6 is 0 Å². The molecule has 0 radical (unpaired) electrons. The summed E-state index contributed by atoms with van der Waals surface area (Å²) in [7, 11) is 0. The molecule has 0 amide bonds. The Morgan fingerprint density at radius 3 is 2.71 bits per heavy atom. The topological polar surface area (TPSA) is 56.7 Å². The normalized spacial score (nSPS) is 10.9. The van der Waals surface area contributed by atoms with Gasteiger partial charge >= 0.3 is 0 Å². The predicted octanol–water partition coefficient (Wildman–Crippen LogP) is 1.88. The van der Waals surface area contributed by atoms with E-state index in [1.807, 2.05) is 47.3 Å². The van der Waals surface area contributed by atoms with Gasteiger partial charge in [0.15, 0.2) is 5.82 Å². The molecule has 0 aliphatic carbocycles. The number of nitrogens with zero attached hydrogens (tertiary/aromatic N) is 3. The molecule has 2 N–H and O–H groups in total. The number of nitrogens with two attached hydrogens (primary N) is 1. The number of para-hydroxylation sites is 1. The number of hydrogen-bond donors (Lipinski definition) is 1. The van der Waals surface area contributed by atoms with Crippen LogP contribution < -0.4 is 5.73 Å². The lowest BCUT2D eigenvalue weighted by atomic mass is 10.2. The zero-order valence-corrected chi connectivity index (χ0v) is 9.24. The van der Waals surface area contributed by atoms with Gasteiger partial charge in [-0.05, 0) is 17.7 Å². The fraction of sp³-hybridized carbons (Fsp3) is 0.0769. The second-order valence-corrected chi connectivity index (χ2v) is 3.84. The van der Waals surface area contributed by atoms with E-state index in [4.69, 9.17) is 5.73 Å². The first-order valence-corrected chi connectivity index (χ1v) is 5.46. The SMILES string of the molecule is NCc1ccc(-n2ncc3ccccc32)nc1. The molecule has 0 atom stereocenters. The van der Waals surface area contributed by atoms with Gasteiger partial charge in [-0.1, -0.05) is 24.3 Å². The molecule has 0 saturated heterocycles. The molecule has 3 rings (SSSR count). The highest BCUT2D eigenvalue weighted by molar-refractivity contribution is 5.79. The van der Waals surface area contributed by atoms with E-state index in [1.165, 1.54) is 0 Å². The molecule has 17 heavy (non-hydrogen) atoms. The van der Waals surface area contributed by atoms with Gasteiger partial charge in [0.1, 0.15) is 0 Å². The number of aromatic nitrogens is 3. The Morgan fingerprint density at radius 2 is 1.94 bits per heavy atom. The van der Waals surface area contributed by atoms with E-state index in [1.54, 1.807) is 6.20 Å². The van der Waals surface area contributed by atoms with Crippen LogP contribution in [0, 0.1) is 0 Å². The highest BCUT2D eigenvalue weighted by Gasteiger charge is 2.04. The smallest absolute Gasteiger partial charge is 0.153 e. The Balaban J connectivity index is 2.13. The first-order valence-electron chi connectivity index (χ1n) is 5.46. The molecule has 0 unspecified atom stereocenters. The van der Waals surface area contributed by atoms with E-state index in [9.17, 15) is 0 Å². The van der Waals surface area contributed by atoms with Gasteiger partial charge in [0.2, 0.25) is 0 Å². The third-order valence-electron chi connectivity index (χ3n) is 2.74. The second kappa shape index (κ2) is 3.99. The minimum atomic E-state index is 0.507. The van der Waals surface area contributed by atoms with Gasteiger partial charge in [-0.3, -0.25) is 0 Å². The third kappa shape index (κ3) is 1.68. The number of benzene rings is 1. The quantitative estimate of drug-likeness (QED) is 0.723. The lowest BCUT2D eigenvalue weighted by Crippen LogP contribution is -2.01. The molecule has 4 heteroatoms. The van der Waals surface area contributed by atoms with Crippen LogP contribution in [0.3, 0.4) is 0 Å². The highest BCUT2D eigenvalue weighted by Crippen LogP contribution is 2.16. The van der Waals surface area contributed by atoms with Crippen molar-refractivity contribution in [2.75, 3.05) is 0 Å². The Kier molecular flexibility index (Phi) is 2.34. The first kappa shape index (κ1) is 9.99. The van der Waals surface area contributed by atoms with Crippen molar-refractivity contribution in [1.29, 1.82) is 0 Å². The van der Waals surface area contributed by atoms with Crippen molar-refractivity contribution in [3.05, 3.63) is 54.4 Å².